The first-order chi connectivity index (χ1) is 25.9. The molecule has 0 bridgehead atoms. The van der Waals surface area contributed by atoms with Crippen LogP contribution in [0.1, 0.15) is 162 Å². The highest BCUT2D eigenvalue weighted by Crippen LogP contribution is 2.43. The molecule has 0 aliphatic carbocycles. The first kappa shape index (κ1) is 50.9. The van der Waals surface area contributed by atoms with E-state index >= 15 is 0 Å². The van der Waals surface area contributed by atoms with Crippen LogP contribution in [0.15, 0.2) is 72.9 Å². The van der Waals surface area contributed by atoms with E-state index in [9.17, 15) is 14.3 Å². The smallest absolute Gasteiger partial charge is 0.457 e. The van der Waals surface area contributed by atoms with E-state index < -0.39 is 13.9 Å². The molecule has 0 amide bonds. The molecule has 0 heterocycles. The lowest BCUT2D eigenvalue weighted by Crippen LogP contribution is -2.28. The van der Waals surface area contributed by atoms with Crippen LogP contribution in [0.2, 0.25) is 0 Å². The van der Waals surface area contributed by atoms with E-state index in [0.717, 1.165) is 89.9 Å². The highest BCUT2D eigenvalue weighted by atomic mass is 31.2. The molecule has 0 aliphatic heterocycles. The van der Waals surface area contributed by atoms with Gasteiger partial charge in [-0.1, -0.05) is 151 Å². The van der Waals surface area contributed by atoms with E-state index in [1.807, 2.05) is 0 Å². The molecule has 0 aromatic heterocycles. The molecule has 0 aliphatic rings. The normalized spacial score (nSPS) is 14.3. The molecule has 53 heavy (non-hydrogen) atoms. The van der Waals surface area contributed by atoms with Crippen molar-refractivity contribution in [1.29, 1.82) is 0 Å². The van der Waals surface area contributed by atoms with Crippen LogP contribution in [0.25, 0.3) is 0 Å². The van der Waals surface area contributed by atoms with Crippen molar-refractivity contribution in [1.82, 2.24) is 0 Å². The molecule has 2 unspecified atom stereocenters. The van der Waals surface area contributed by atoms with Crippen molar-refractivity contribution in [2.24, 2.45) is 5.73 Å². The third-order valence-corrected chi connectivity index (χ3v) is 9.32. The van der Waals surface area contributed by atoms with Gasteiger partial charge in [0.2, 0.25) is 0 Å². The maximum Gasteiger partial charge on any atom is 0.472 e. The van der Waals surface area contributed by atoms with Crippen molar-refractivity contribution in [2.45, 2.75) is 168 Å². The number of nitrogens with two attached hydrogens (primary N) is 1. The minimum absolute atomic E-state index is 0.0940. The minimum Gasteiger partial charge on any atom is -0.457 e. The zero-order chi connectivity index (χ0) is 38.8. The molecule has 9 heteroatoms. The summed E-state index contributed by atoms with van der Waals surface area (Å²) < 4.78 is 33.3. The fourth-order valence-electron chi connectivity index (χ4n) is 5.32. The van der Waals surface area contributed by atoms with E-state index in [2.05, 4.69) is 86.8 Å². The molecule has 2 atom stereocenters. The van der Waals surface area contributed by atoms with Crippen LogP contribution in [0.4, 0.5) is 0 Å². The van der Waals surface area contributed by atoms with Crippen molar-refractivity contribution in [3.05, 3.63) is 72.9 Å². The molecular formula is C44H78NO7P. The van der Waals surface area contributed by atoms with E-state index in [1.165, 1.54) is 51.4 Å². The molecule has 306 valence electrons. The second-order valence-corrected chi connectivity index (χ2v) is 14.9. The van der Waals surface area contributed by atoms with Gasteiger partial charge >= 0.3 is 13.8 Å². The molecule has 0 saturated carbocycles. The average molecular weight is 764 g/mol. The predicted octanol–water partition coefficient (Wildman–Crippen LogP) is 12.4. The number of carbonyl (C=O) groups is 1. The van der Waals surface area contributed by atoms with E-state index in [4.69, 9.17) is 24.3 Å². The van der Waals surface area contributed by atoms with E-state index in [-0.39, 0.29) is 32.3 Å². The Labute approximate surface area is 325 Å². The number of phosphoric acid groups is 1. The van der Waals surface area contributed by atoms with Crippen LogP contribution in [0.3, 0.4) is 0 Å². The van der Waals surface area contributed by atoms with Gasteiger partial charge in [0.15, 0.2) is 0 Å². The Balaban J connectivity index is 3.99. The Morgan fingerprint density at radius 1 is 0.585 bits per heavy atom. The Kier molecular flexibility index (Phi) is 39.5. The maximum atomic E-state index is 12.5. The van der Waals surface area contributed by atoms with Gasteiger partial charge in [0.25, 0.3) is 0 Å². The summed E-state index contributed by atoms with van der Waals surface area (Å²) in [6.07, 6.45) is 50.7. The highest BCUT2D eigenvalue weighted by Gasteiger charge is 2.25. The summed E-state index contributed by atoms with van der Waals surface area (Å²) in [6.45, 7) is 4.69. The third-order valence-electron chi connectivity index (χ3n) is 8.34. The van der Waals surface area contributed by atoms with Gasteiger partial charge in [-0.15, -0.1) is 0 Å². The van der Waals surface area contributed by atoms with Crippen LogP contribution >= 0.6 is 7.82 Å². The summed E-state index contributed by atoms with van der Waals surface area (Å²) in [6, 6.07) is 0. The monoisotopic (exact) mass is 764 g/mol. The number of ether oxygens (including phenoxy) is 2. The van der Waals surface area contributed by atoms with Crippen molar-refractivity contribution in [2.75, 3.05) is 33.0 Å². The predicted molar refractivity (Wildman–Crippen MR) is 224 cm³/mol. The highest BCUT2D eigenvalue weighted by molar-refractivity contribution is 7.47. The summed E-state index contributed by atoms with van der Waals surface area (Å²) in [4.78, 5) is 22.4. The molecule has 0 saturated heterocycles. The SMILES string of the molecule is CC/C=C\C/C=C\C/C=C\C/C=C\C/C=C\CCCCCCCCCCOCC(COP(=O)(O)OCCN)OC(=O)CCCCCCC/C=C\CCC. The van der Waals surface area contributed by atoms with E-state index in [1.54, 1.807) is 0 Å². The summed E-state index contributed by atoms with van der Waals surface area (Å²) in [5, 5.41) is 0. The number of rotatable bonds is 39. The molecule has 0 aromatic rings. The molecule has 8 nitrogen and oxygen atoms in total. The van der Waals surface area contributed by atoms with Crippen molar-refractivity contribution in [3.8, 4) is 0 Å². The molecule has 0 rings (SSSR count). The molecule has 3 N–H and O–H groups in total. The van der Waals surface area contributed by atoms with Gasteiger partial charge in [-0.3, -0.25) is 13.8 Å². The number of carbonyl (C=O) groups excluding carboxylic acids is 1. The lowest BCUT2D eigenvalue weighted by molar-refractivity contribution is -0.154. The zero-order valence-corrected chi connectivity index (χ0v) is 34.6. The van der Waals surface area contributed by atoms with Gasteiger partial charge in [-0.05, 0) is 77.0 Å². The van der Waals surface area contributed by atoms with E-state index in [0.29, 0.717) is 13.0 Å². The zero-order valence-electron chi connectivity index (χ0n) is 33.7. The summed E-state index contributed by atoms with van der Waals surface area (Å²) in [7, 11) is -4.28. The Bertz CT molecular complexity index is 1040. The van der Waals surface area contributed by atoms with Gasteiger partial charge in [0, 0.05) is 19.6 Å². The molecule has 0 spiro atoms. The second-order valence-electron chi connectivity index (χ2n) is 13.5. The van der Waals surface area contributed by atoms with Crippen LogP contribution < -0.4 is 5.73 Å². The maximum absolute atomic E-state index is 12.5. The minimum atomic E-state index is -4.28. The van der Waals surface area contributed by atoms with Crippen molar-refractivity contribution in [3.63, 3.8) is 0 Å². The van der Waals surface area contributed by atoms with Gasteiger partial charge < -0.3 is 20.1 Å². The van der Waals surface area contributed by atoms with Crippen molar-refractivity contribution >= 4 is 13.8 Å². The number of hydrogen-bond acceptors (Lipinski definition) is 7. The summed E-state index contributed by atoms with van der Waals surface area (Å²) >= 11 is 0. The number of hydrogen-bond donors (Lipinski definition) is 2. The topological polar surface area (TPSA) is 117 Å². The lowest BCUT2D eigenvalue weighted by Gasteiger charge is -2.20. The van der Waals surface area contributed by atoms with Crippen LogP contribution in [0, 0.1) is 0 Å². The number of phosphoric ester groups is 1. The number of allylic oxidation sites excluding steroid dienone is 12. The second kappa shape index (κ2) is 41.1. The fourth-order valence-corrected chi connectivity index (χ4v) is 6.08. The van der Waals surface area contributed by atoms with Crippen LogP contribution in [-0.4, -0.2) is 49.9 Å². The number of esters is 1. The average Bonchev–Trinajstić information content (AvgIpc) is 3.15. The molecular weight excluding hydrogens is 685 g/mol. The Morgan fingerprint density at radius 2 is 1.06 bits per heavy atom. The standard InChI is InChI=1S/C44H78NO7P/c1-3-5-7-9-11-13-15-16-17-18-19-20-21-22-23-24-25-26-27-28-30-32-34-36-39-49-41-43(42-51-53(47,48)50-40-38-45)52-44(46)37-35-33-31-29-14-12-10-8-6-4-2/h5,7-8,10-11,13,16-17,19-20,22-23,43H,3-4,6,9,12,14-15,18,21,24-42,45H2,1-2H3,(H,47,48)/b7-5-,10-8-,13-11-,17-16-,20-19-,23-22-. The van der Waals surface area contributed by atoms with Gasteiger partial charge in [-0.2, -0.15) is 0 Å². The van der Waals surface area contributed by atoms with Gasteiger partial charge in [0.1, 0.15) is 6.10 Å². The van der Waals surface area contributed by atoms with Crippen LogP contribution in [-0.2, 0) is 27.9 Å². The van der Waals surface area contributed by atoms with Gasteiger partial charge in [0.05, 0.1) is 19.8 Å². The first-order valence-corrected chi connectivity index (χ1v) is 22.4. The molecule has 0 fully saturated rings. The number of unbranched alkanes of at least 4 members (excludes halogenated alkanes) is 14. The summed E-state index contributed by atoms with van der Waals surface area (Å²) in [5.74, 6) is -0.349. The third kappa shape index (κ3) is 41.0. The molecule has 0 aromatic carbocycles. The Morgan fingerprint density at radius 3 is 1.60 bits per heavy atom. The van der Waals surface area contributed by atoms with Gasteiger partial charge in [-0.25, -0.2) is 4.57 Å². The Hall–Kier alpha value is -2.06. The summed E-state index contributed by atoms with van der Waals surface area (Å²) in [5.41, 5.74) is 5.35. The lowest BCUT2D eigenvalue weighted by atomic mass is 10.1. The molecule has 0 radical (unpaired) electrons. The first-order valence-electron chi connectivity index (χ1n) is 20.9. The van der Waals surface area contributed by atoms with Crippen LogP contribution in [0.5, 0.6) is 0 Å². The largest absolute Gasteiger partial charge is 0.472 e. The quantitative estimate of drug-likeness (QED) is 0.0275. The van der Waals surface area contributed by atoms with Crippen molar-refractivity contribution < 1.29 is 32.8 Å². The fraction of sp³-hybridized carbons (Fsp3) is 0.705.